The molecule has 0 fully saturated rings. The van der Waals surface area contributed by atoms with Crippen molar-refractivity contribution in [2.75, 3.05) is 24.3 Å². The molecule has 3 rings (SSSR count). The van der Waals surface area contributed by atoms with Gasteiger partial charge in [-0.2, -0.15) is 5.10 Å². The van der Waals surface area contributed by atoms with E-state index in [1.54, 1.807) is 17.5 Å². The quantitative estimate of drug-likeness (QED) is 0.648. The van der Waals surface area contributed by atoms with Crippen LogP contribution in [0.4, 0.5) is 11.5 Å². The number of thiophene rings is 1. The van der Waals surface area contributed by atoms with Crippen LogP contribution in [0, 0.1) is 4.77 Å². The highest BCUT2D eigenvalue weighted by Gasteiger charge is 2.11. The highest BCUT2D eigenvalue weighted by molar-refractivity contribution is 7.71. The number of rotatable bonds is 6. The molecular weight excluding hydrogens is 356 g/mol. The molecule has 0 radical (unpaired) electrons. The third kappa shape index (κ3) is 4.12. The molecule has 3 heterocycles. The van der Waals surface area contributed by atoms with E-state index in [-0.39, 0.29) is 5.91 Å². The van der Waals surface area contributed by atoms with Crippen LogP contribution in [0.5, 0.6) is 0 Å². The maximum Gasteiger partial charge on any atom is 0.226 e. The van der Waals surface area contributed by atoms with Gasteiger partial charge in [0.1, 0.15) is 5.82 Å². The molecule has 0 aromatic carbocycles. The van der Waals surface area contributed by atoms with Crippen molar-refractivity contribution in [3.8, 4) is 10.7 Å². The first kappa shape index (κ1) is 17.3. The normalized spacial score (nSPS) is 10.6. The molecule has 0 aliphatic rings. The van der Waals surface area contributed by atoms with E-state index in [2.05, 4.69) is 20.5 Å². The van der Waals surface area contributed by atoms with Crippen molar-refractivity contribution in [3.05, 3.63) is 40.6 Å². The number of carbonyl (C=O) groups excluding carboxylic acids is 1. The van der Waals surface area contributed by atoms with E-state index >= 15 is 0 Å². The summed E-state index contributed by atoms with van der Waals surface area (Å²) in [6.45, 7) is 0.456. The van der Waals surface area contributed by atoms with Crippen LogP contribution in [0.3, 0.4) is 0 Å². The lowest BCUT2D eigenvalue weighted by Crippen LogP contribution is -2.16. The zero-order valence-electron chi connectivity index (χ0n) is 13.9. The molecule has 130 valence electrons. The Morgan fingerprint density at radius 3 is 2.88 bits per heavy atom. The molecule has 0 atom stereocenters. The Morgan fingerprint density at radius 1 is 1.40 bits per heavy atom. The number of pyridine rings is 1. The summed E-state index contributed by atoms with van der Waals surface area (Å²) in [5.41, 5.74) is 0.671. The van der Waals surface area contributed by atoms with Gasteiger partial charge in [0.05, 0.1) is 16.8 Å². The molecule has 25 heavy (non-hydrogen) atoms. The van der Waals surface area contributed by atoms with Crippen LogP contribution in [0.25, 0.3) is 10.7 Å². The van der Waals surface area contributed by atoms with Crippen molar-refractivity contribution < 1.29 is 4.79 Å². The number of amides is 1. The zero-order valence-corrected chi connectivity index (χ0v) is 15.5. The van der Waals surface area contributed by atoms with Crippen LogP contribution in [0.2, 0.25) is 0 Å². The van der Waals surface area contributed by atoms with Crippen LogP contribution in [-0.2, 0) is 11.3 Å². The second kappa shape index (κ2) is 7.58. The van der Waals surface area contributed by atoms with E-state index in [4.69, 9.17) is 12.2 Å². The Kier molecular flexibility index (Phi) is 5.25. The number of carbonyl (C=O) groups is 1. The highest BCUT2D eigenvalue weighted by Crippen LogP contribution is 2.23. The van der Waals surface area contributed by atoms with Crippen molar-refractivity contribution in [1.82, 2.24) is 19.7 Å². The van der Waals surface area contributed by atoms with Gasteiger partial charge in [-0.1, -0.05) is 6.07 Å². The lowest BCUT2D eigenvalue weighted by molar-refractivity contribution is -0.116. The molecule has 2 N–H and O–H groups in total. The molecule has 0 saturated carbocycles. The molecular formula is C16H18N6OS2. The van der Waals surface area contributed by atoms with Crippen LogP contribution in [-0.4, -0.2) is 39.8 Å². The number of H-pyrrole nitrogens is 1. The Balaban J connectivity index is 1.63. The maximum atomic E-state index is 12.2. The molecule has 0 unspecified atom stereocenters. The predicted octanol–water partition coefficient (Wildman–Crippen LogP) is 3.16. The first-order valence-electron chi connectivity index (χ1n) is 7.67. The largest absolute Gasteiger partial charge is 0.363 e. The summed E-state index contributed by atoms with van der Waals surface area (Å²) in [5.74, 6) is 1.49. The number of aromatic nitrogens is 4. The van der Waals surface area contributed by atoms with Gasteiger partial charge in [-0.3, -0.25) is 14.5 Å². The van der Waals surface area contributed by atoms with E-state index in [9.17, 15) is 4.79 Å². The lowest BCUT2D eigenvalue weighted by atomic mass is 10.3. The minimum Gasteiger partial charge on any atom is -0.363 e. The van der Waals surface area contributed by atoms with E-state index in [1.807, 2.05) is 53.2 Å². The summed E-state index contributed by atoms with van der Waals surface area (Å²) in [5, 5.41) is 11.9. The van der Waals surface area contributed by atoms with Crippen LogP contribution < -0.4 is 10.2 Å². The maximum absolute atomic E-state index is 12.2. The smallest absolute Gasteiger partial charge is 0.226 e. The standard InChI is InChI=1S/C16H18N6OS2/c1-21(2)13-6-5-11(10-17-13)18-14(23)7-8-22-15(19-20-16(22)24)12-4-3-9-25-12/h3-6,9-10H,7-8H2,1-2H3,(H,18,23)(H,20,24). The first-order chi connectivity index (χ1) is 12.0. The van der Waals surface area contributed by atoms with Gasteiger partial charge in [0.2, 0.25) is 5.91 Å². The van der Waals surface area contributed by atoms with Gasteiger partial charge in [-0.15, -0.1) is 11.3 Å². The predicted molar refractivity (Wildman–Crippen MR) is 103 cm³/mol. The Morgan fingerprint density at radius 2 is 2.24 bits per heavy atom. The fraction of sp³-hybridized carbons (Fsp3) is 0.250. The second-order valence-electron chi connectivity index (χ2n) is 5.58. The fourth-order valence-corrected chi connectivity index (χ4v) is 3.23. The second-order valence-corrected chi connectivity index (χ2v) is 6.91. The summed E-state index contributed by atoms with van der Waals surface area (Å²) in [6.07, 6.45) is 1.94. The third-order valence-corrected chi connectivity index (χ3v) is 4.73. The van der Waals surface area contributed by atoms with Gasteiger partial charge in [-0.25, -0.2) is 4.98 Å². The zero-order chi connectivity index (χ0) is 17.8. The van der Waals surface area contributed by atoms with Crippen molar-refractivity contribution in [3.63, 3.8) is 0 Å². The average Bonchev–Trinajstić information content (AvgIpc) is 3.23. The van der Waals surface area contributed by atoms with E-state index in [0.29, 0.717) is 23.4 Å². The summed E-state index contributed by atoms with van der Waals surface area (Å²) in [4.78, 5) is 19.4. The molecule has 9 heteroatoms. The minimum absolute atomic E-state index is 0.0976. The van der Waals surface area contributed by atoms with Crippen LogP contribution in [0.1, 0.15) is 6.42 Å². The van der Waals surface area contributed by atoms with Crippen molar-refractivity contribution in [2.24, 2.45) is 0 Å². The van der Waals surface area contributed by atoms with E-state index < -0.39 is 0 Å². The number of hydrogen-bond acceptors (Lipinski definition) is 6. The van der Waals surface area contributed by atoms with Gasteiger partial charge in [0.15, 0.2) is 10.6 Å². The summed E-state index contributed by atoms with van der Waals surface area (Å²) >= 11 is 6.85. The SMILES string of the molecule is CN(C)c1ccc(NC(=O)CCn2c(-c3cccs3)n[nH]c2=S)cn1. The van der Waals surface area contributed by atoms with E-state index in [0.717, 1.165) is 16.5 Å². The van der Waals surface area contributed by atoms with Gasteiger partial charge in [-0.05, 0) is 35.8 Å². The van der Waals surface area contributed by atoms with Crippen molar-refractivity contribution in [1.29, 1.82) is 0 Å². The Bertz CT molecular complexity index is 896. The van der Waals surface area contributed by atoms with Gasteiger partial charge in [0, 0.05) is 27.1 Å². The number of hydrogen-bond donors (Lipinski definition) is 2. The molecule has 0 aliphatic carbocycles. The topological polar surface area (TPSA) is 78.8 Å². The van der Waals surface area contributed by atoms with E-state index in [1.165, 1.54) is 0 Å². The van der Waals surface area contributed by atoms with Crippen LogP contribution >= 0.6 is 23.6 Å². The monoisotopic (exact) mass is 374 g/mol. The number of anilines is 2. The Labute approximate surface area is 154 Å². The molecule has 7 nitrogen and oxygen atoms in total. The average molecular weight is 374 g/mol. The van der Waals surface area contributed by atoms with Crippen molar-refractivity contribution >= 4 is 41.0 Å². The number of nitrogens with zero attached hydrogens (tertiary/aromatic N) is 4. The number of nitrogens with one attached hydrogen (secondary N) is 2. The van der Waals surface area contributed by atoms with Gasteiger partial charge >= 0.3 is 0 Å². The molecule has 0 spiro atoms. The molecule has 1 amide bonds. The molecule has 3 aromatic rings. The number of aromatic amines is 1. The first-order valence-corrected chi connectivity index (χ1v) is 8.95. The summed E-state index contributed by atoms with van der Waals surface area (Å²) in [7, 11) is 3.83. The molecule has 3 aromatic heterocycles. The minimum atomic E-state index is -0.0976. The van der Waals surface area contributed by atoms with Crippen LogP contribution in [0.15, 0.2) is 35.8 Å². The molecule has 0 aliphatic heterocycles. The molecule has 0 saturated heterocycles. The Hall–Kier alpha value is -2.52. The van der Waals surface area contributed by atoms with Crippen molar-refractivity contribution in [2.45, 2.75) is 13.0 Å². The van der Waals surface area contributed by atoms with Gasteiger partial charge < -0.3 is 10.2 Å². The highest BCUT2D eigenvalue weighted by atomic mass is 32.1. The fourth-order valence-electron chi connectivity index (χ4n) is 2.28. The molecule has 0 bridgehead atoms. The summed E-state index contributed by atoms with van der Waals surface area (Å²) in [6, 6.07) is 7.63. The third-order valence-electron chi connectivity index (χ3n) is 3.55. The summed E-state index contributed by atoms with van der Waals surface area (Å²) < 4.78 is 2.35. The van der Waals surface area contributed by atoms with Gasteiger partial charge in [0.25, 0.3) is 0 Å². The lowest BCUT2D eigenvalue weighted by Gasteiger charge is -2.12.